The summed E-state index contributed by atoms with van der Waals surface area (Å²) in [6.45, 7) is 2.74. The predicted octanol–water partition coefficient (Wildman–Crippen LogP) is 7.92. The molecule has 8 rings (SSSR count). The van der Waals surface area contributed by atoms with Crippen LogP contribution in [0.5, 0.6) is 0 Å². The average Bonchev–Trinajstić information content (AvgIpc) is 3.33. The summed E-state index contributed by atoms with van der Waals surface area (Å²) in [6.07, 6.45) is -6.07. The standard InChI is InChI=1S/C50H54I2N2O11/c1-2-3-4-15-24-56-47-46(58-28-34-18-9-6-10-19-34)45(43-40(61-47)30-60-50(32-54,65-43)26-36-21-12-14-23-38(36)52)63-48-44(57-27-33-16-7-5-8-17-33)41(55)42-39(62-48)29-59-49(31-53,64-42)25-35-20-11-13-22-37(35)51/h5-14,16-23,39-48,55H,2-4,15,24-30H2,1H3/t39-,40-,41+,42-,43-,44+,45+,46+,47-,48+,49?,50?/m1/s1. The zero-order chi connectivity index (χ0) is 45.2. The van der Waals surface area contributed by atoms with E-state index in [9.17, 15) is 15.6 Å². The van der Waals surface area contributed by atoms with Gasteiger partial charge in [0.05, 0.1) is 26.4 Å². The third-order valence-corrected chi connectivity index (χ3v) is 14.2. The molecular weight excluding hydrogens is 1060 g/mol. The van der Waals surface area contributed by atoms with Gasteiger partial charge < -0.3 is 52.5 Å². The van der Waals surface area contributed by atoms with Gasteiger partial charge in [0, 0.05) is 26.6 Å². The number of hydrogen-bond donors (Lipinski definition) is 1. The van der Waals surface area contributed by atoms with Crippen LogP contribution in [0.3, 0.4) is 0 Å². The summed E-state index contributed by atoms with van der Waals surface area (Å²) < 4.78 is 68.2. The predicted molar refractivity (Wildman–Crippen MR) is 252 cm³/mol. The van der Waals surface area contributed by atoms with Crippen LogP contribution < -0.4 is 0 Å². The fourth-order valence-electron chi connectivity index (χ4n) is 8.61. The molecule has 65 heavy (non-hydrogen) atoms. The Morgan fingerprint density at radius 2 is 1.12 bits per heavy atom. The lowest BCUT2D eigenvalue weighted by Crippen LogP contribution is -2.70. The number of benzene rings is 4. The first-order valence-corrected chi connectivity index (χ1v) is 24.4. The van der Waals surface area contributed by atoms with Crippen LogP contribution in [0.25, 0.3) is 0 Å². The van der Waals surface area contributed by atoms with Gasteiger partial charge in [-0.05, 0) is 86.0 Å². The minimum atomic E-state index is -1.71. The van der Waals surface area contributed by atoms with E-state index in [0.29, 0.717) is 6.61 Å². The van der Waals surface area contributed by atoms with Crippen LogP contribution in [0.15, 0.2) is 109 Å². The Hall–Kier alpha value is -3.12. The van der Waals surface area contributed by atoms with Crippen LogP contribution in [0.2, 0.25) is 0 Å². The Morgan fingerprint density at radius 1 is 0.615 bits per heavy atom. The average molecular weight is 1110 g/mol. The highest BCUT2D eigenvalue weighted by molar-refractivity contribution is 14.1. The smallest absolute Gasteiger partial charge is 0.264 e. The fourth-order valence-corrected chi connectivity index (χ4v) is 9.76. The van der Waals surface area contributed by atoms with E-state index in [1.54, 1.807) is 0 Å². The molecule has 12 atom stereocenters. The summed E-state index contributed by atoms with van der Waals surface area (Å²) in [5.74, 6) is -3.42. The molecule has 0 bridgehead atoms. The van der Waals surface area contributed by atoms with E-state index >= 15 is 0 Å². The number of ether oxygens (including phenoxy) is 10. The summed E-state index contributed by atoms with van der Waals surface area (Å²) in [6, 6.07) is 39.3. The number of halogens is 2. The van der Waals surface area contributed by atoms with Crippen molar-refractivity contribution in [2.75, 3.05) is 19.8 Å². The Kier molecular flexibility index (Phi) is 16.9. The van der Waals surface area contributed by atoms with Crippen molar-refractivity contribution < 1.29 is 52.5 Å². The zero-order valence-corrected chi connectivity index (χ0v) is 40.4. The van der Waals surface area contributed by atoms with Gasteiger partial charge >= 0.3 is 0 Å². The molecule has 0 aromatic heterocycles. The molecule has 0 amide bonds. The van der Waals surface area contributed by atoms with Crippen molar-refractivity contribution in [2.45, 2.75) is 132 Å². The van der Waals surface area contributed by atoms with Crippen molar-refractivity contribution in [3.63, 3.8) is 0 Å². The maximum Gasteiger partial charge on any atom is 0.264 e. The lowest BCUT2D eigenvalue weighted by Gasteiger charge is -2.53. The van der Waals surface area contributed by atoms with Gasteiger partial charge in [0.25, 0.3) is 11.6 Å². The molecule has 4 aliphatic rings. The number of rotatable bonds is 18. The maximum absolute atomic E-state index is 12.4. The third kappa shape index (κ3) is 11.8. The Morgan fingerprint density at radius 3 is 1.68 bits per heavy atom. The molecule has 4 fully saturated rings. The Labute approximate surface area is 407 Å². The van der Waals surface area contributed by atoms with Crippen LogP contribution in [0.1, 0.15) is 54.9 Å². The molecule has 4 aromatic rings. The molecule has 4 aliphatic heterocycles. The first-order valence-electron chi connectivity index (χ1n) is 22.2. The molecule has 4 aromatic carbocycles. The van der Waals surface area contributed by atoms with Gasteiger partial charge in [-0.2, -0.15) is 10.5 Å². The van der Waals surface area contributed by atoms with E-state index < -0.39 is 73.0 Å². The van der Waals surface area contributed by atoms with Crippen molar-refractivity contribution in [2.24, 2.45) is 0 Å². The summed E-state index contributed by atoms with van der Waals surface area (Å²) in [4.78, 5) is 0. The number of aliphatic hydroxyl groups is 1. The van der Waals surface area contributed by atoms with E-state index in [0.717, 1.165) is 55.1 Å². The van der Waals surface area contributed by atoms with Gasteiger partial charge in [0.1, 0.15) is 61.0 Å². The number of hydrogen-bond acceptors (Lipinski definition) is 13. The highest BCUT2D eigenvalue weighted by Crippen LogP contribution is 2.42. The molecule has 1 N–H and O–H groups in total. The minimum absolute atomic E-state index is 0.00629. The summed E-state index contributed by atoms with van der Waals surface area (Å²) in [5.41, 5.74) is 3.50. The van der Waals surface area contributed by atoms with Gasteiger partial charge in [-0.3, -0.25) is 0 Å². The van der Waals surface area contributed by atoms with Crippen molar-refractivity contribution in [3.8, 4) is 12.1 Å². The van der Waals surface area contributed by atoms with E-state index in [-0.39, 0.29) is 39.3 Å². The molecule has 0 radical (unpaired) electrons. The normalized spacial score (nSPS) is 32.1. The third-order valence-electron chi connectivity index (χ3n) is 12.1. The molecule has 0 saturated carbocycles. The minimum Gasteiger partial charge on any atom is -0.387 e. The van der Waals surface area contributed by atoms with E-state index in [1.165, 1.54) is 0 Å². The van der Waals surface area contributed by atoms with Crippen molar-refractivity contribution in [3.05, 3.63) is 139 Å². The molecule has 4 saturated heterocycles. The van der Waals surface area contributed by atoms with E-state index in [2.05, 4.69) is 64.2 Å². The Balaban J connectivity index is 1.14. The number of aliphatic hydroxyl groups excluding tert-OH is 1. The molecular formula is C50H54I2N2O11. The highest BCUT2D eigenvalue weighted by Gasteiger charge is 2.59. The van der Waals surface area contributed by atoms with E-state index in [1.807, 2.05) is 109 Å². The number of nitrogens with zero attached hydrogens (tertiary/aromatic N) is 2. The molecule has 344 valence electrons. The summed E-state index contributed by atoms with van der Waals surface area (Å²) in [5, 5.41) is 33.8. The van der Waals surface area contributed by atoms with Gasteiger partial charge in [-0.25, -0.2) is 0 Å². The van der Waals surface area contributed by atoms with Crippen LogP contribution in [0.4, 0.5) is 0 Å². The van der Waals surface area contributed by atoms with Crippen LogP contribution in [-0.2, 0) is 73.4 Å². The number of unbranched alkanes of at least 4 members (excludes halogenated alkanes) is 3. The number of nitriles is 2. The quantitative estimate of drug-likeness (QED) is 0.0757. The lowest BCUT2D eigenvalue weighted by atomic mass is 9.93. The van der Waals surface area contributed by atoms with Gasteiger partial charge in [0.15, 0.2) is 12.6 Å². The largest absolute Gasteiger partial charge is 0.387 e. The monoisotopic (exact) mass is 1110 g/mol. The molecule has 0 spiro atoms. The van der Waals surface area contributed by atoms with Gasteiger partial charge in [-0.15, -0.1) is 0 Å². The molecule has 0 aliphatic carbocycles. The summed E-state index contributed by atoms with van der Waals surface area (Å²) in [7, 11) is 0. The maximum atomic E-state index is 12.4. The summed E-state index contributed by atoms with van der Waals surface area (Å²) >= 11 is 4.47. The van der Waals surface area contributed by atoms with Crippen LogP contribution in [-0.4, -0.2) is 97.9 Å². The Bertz CT molecular complexity index is 2230. The zero-order valence-electron chi connectivity index (χ0n) is 36.1. The van der Waals surface area contributed by atoms with Crippen molar-refractivity contribution >= 4 is 45.2 Å². The van der Waals surface area contributed by atoms with Crippen molar-refractivity contribution in [1.82, 2.24) is 0 Å². The number of fused-ring (bicyclic) bond motifs is 2. The highest BCUT2D eigenvalue weighted by atomic mass is 127. The van der Waals surface area contributed by atoms with Gasteiger partial charge in [0.2, 0.25) is 0 Å². The van der Waals surface area contributed by atoms with Gasteiger partial charge in [-0.1, -0.05) is 123 Å². The fraction of sp³-hybridized carbons (Fsp3) is 0.480. The molecule has 15 heteroatoms. The first-order chi connectivity index (χ1) is 31.7. The lowest BCUT2D eigenvalue weighted by molar-refractivity contribution is -0.420. The molecule has 13 nitrogen and oxygen atoms in total. The molecule has 4 heterocycles. The topological polar surface area (TPSA) is 160 Å². The second-order valence-corrected chi connectivity index (χ2v) is 19.0. The second kappa shape index (κ2) is 22.8. The van der Waals surface area contributed by atoms with E-state index in [4.69, 9.17) is 47.4 Å². The first kappa shape index (κ1) is 48.3. The molecule has 2 unspecified atom stereocenters. The van der Waals surface area contributed by atoms with Crippen LogP contribution >= 0.6 is 45.2 Å². The van der Waals surface area contributed by atoms with Crippen molar-refractivity contribution in [1.29, 1.82) is 10.5 Å². The second-order valence-electron chi connectivity index (χ2n) is 16.7. The SMILES string of the molecule is CCCCCCO[C@@H]1O[C@@H]2COC(C#N)(Cc3ccccc3I)O[C@H]2[C@H](O[C@@H]2O[C@@H]3COC(C#N)(Cc4ccccc4I)O[C@H]3[C@H](O)[C@@H]2OCc2ccccc2)[C@@H]1OCc1ccccc1. The van der Waals surface area contributed by atoms with Crippen LogP contribution in [0, 0.1) is 29.8 Å².